The van der Waals surface area contributed by atoms with Crippen molar-refractivity contribution in [3.8, 4) is 11.5 Å². The number of rotatable bonds is 2. The Kier molecular flexibility index (Phi) is 3.16. The van der Waals surface area contributed by atoms with Crippen LogP contribution in [0.2, 0.25) is 5.02 Å². The minimum Gasteiger partial charge on any atom is -0.399 e. The molecule has 0 saturated carbocycles. The molecule has 18 heavy (non-hydrogen) atoms. The number of alkyl halides is 3. The fraction of sp³-hybridized carbons (Fsp3) is 0.200. The Labute approximate surface area is 105 Å². The largest absolute Gasteiger partial charge is 0.399 e. The molecule has 0 amide bonds. The number of aromatic nitrogens is 2. The second-order valence-corrected chi connectivity index (χ2v) is 3.95. The van der Waals surface area contributed by atoms with Gasteiger partial charge in [0.1, 0.15) is 6.42 Å². The number of hydrogen-bond donors (Lipinski definition) is 1. The molecule has 0 bridgehead atoms. The molecule has 0 unspecified atom stereocenters. The molecule has 4 nitrogen and oxygen atoms in total. The normalized spacial score (nSPS) is 11.8. The zero-order valence-electron chi connectivity index (χ0n) is 8.83. The van der Waals surface area contributed by atoms with Gasteiger partial charge in [0, 0.05) is 5.69 Å². The van der Waals surface area contributed by atoms with E-state index in [1.165, 1.54) is 18.2 Å². The van der Waals surface area contributed by atoms with Crippen LogP contribution in [0.15, 0.2) is 22.7 Å². The van der Waals surface area contributed by atoms with Crippen LogP contribution < -0.4 is 5.73 Å². The van der Waals surface area contributed by atoms with Gasteiger partial charge in [-0.2, -0.15) is 18.2 Å². The third-order valence-corrected chi connectivity index (χ3v) is 2.36. The molecule has 0 fully saturated rings. The molecule has 96 valence electrons. The highest BCUT2D eigenvalue weighted by atomic mass is 35.5. The Hall–Kier alpha value is -1.76. The van der Waals surface area contributed by atoms with Crippen molar-refractivity contribution in [2.45, 2.75) is 12.6 Å². The lowest BCUT2D eigenvalue weighted by Gasteiger charge is -2.00. The monoisotopic (exact) mass is 277 g/mol. The Morgan fingerprint density at radius 2 is 2.06 bits per heavy atom. The van der Waals surface area contributed by atoms with Crippen LogP contribution in [0, 0.1) is 0 Å². The van der Waals surface area contributed by atoms with Crippen molar-refractivity contribution in [2.75, 3.05) is 5.73 Å². The number of hydrogen-bond acceptors (Lipinski definition) is 4. The van der Waals surface area contributed by atoms with E-state index in [-0.39, 0.29) is 10.9 Å². The van der Waals surface area contributed by atoms with Gasteiger partial charge >= 0.3 is 6.18 Å². The molecular formula is C10H7ClF3N3O. The lowest BCUT2D eigenvalue weighted by Crippen LogP contribution is -2.12. The molecule has 0 aliphatic heterocycles. The van der Waals surface area contributed by atoms with E-state index in [4.69, 9.17) is 21.9 Å². The molecule has 0 aliphatic carbocycles. The summed E-state index contributed by atoms with van der Waals surface area (Å²) in [6.45, 7) is 0. The molecule has 2 rings (SSSR count). The van der Waals surface area contributed by atoms with Gasteiger partial charge in [-0.25, -0.2) is 0 Å². The molecule has 1 aromatic carbocycles. The van der Waals surface area contributed by atoms with E-state index in [1.807, 2.05) is 0 Å². The minimum atomic E-state index is -4.38. The highest BCUT2D eigenvalue weighted by molar-refractivity contribution is 6.33. The SMILES string of the molecule is Nc1ccc(-c2nc(CC(F)(F)F)no2)c(Cl)c1. The third-order valence-electron chi connectivity index (χ3n) is 2.05. The quantitative estimate of drug-likeness (QED) is 0.857. The van der Waals surface area contributed by atoms with Gasteiger partial charge in [-0.1, -0.05) is 16.8 Å². The molecule has 1 heterocycles. The van der Waals surface area contributed by atoms with Gasteiger partial charge < -0.3 is 10.3 Å². The summed E-state index contributed by atoms with van der Waals surface area (Å²) in [5.41, 5.74) is 6.26. The highest BCUT2D eigenvalue weighted by Crippen LogP contribution is 2.29. The van der Waals surface area contributed by atoms with Crippen molar-refractivity contribution in [3.05, 3.63) is 29.0 Å². The van der Waals surface area contributed by atoms with Crippen LogP contribution >= 0.6 is 11.6 Å². The molecule has 1 aromatic heterocycles. The van der Waals surface area contributed by atoms with Gasteiger partial charge in [0.05, 0.1) is 10.6 Å². The molecule has 2 aromatic rings. The number of benzene rings is 1. The molecular weight excluding hydrogens is 271 g/mol. The summed E-state index contributed by atoms with van der Waals surface area (Å²) in [7, 11) is 0. The van der Waals surface area contributed by atoms with E-state index in [0.717, 1.165) is 0 Å². The van der Waals surface area contributed by atoms with Crippen molar-refractivity contribution in [2.24, 2.45) is 0 Å². The van der Waals surface area contributed by atoms with Crippen LogP contribution in [-0.2, 0) is 6.42 Å². The van der Waals surface area contributed by atoms with Crippen molar-refractivity contribution >= 4 is 17.3 Å². The first-order chi connectivity index (χ1) is 8.35. The Balaban J connectivity index is 2.29. The van der Waals surface area contributed by atoms with Gasteiger partial charge in [0.2, 0.25) is 0 Å². The number of halogens is 4. The number of anilines is 1. The highest BCUT2D eigenvalue weighted by Gasteiger charge is 2.30. The van der Waals surface area contributed by atoms with E-state index in [0.29, 0.717) is 11.3 Å². The summed E-state index contributed by atoms with van der Waals surface area (Å²) in [6.07, 6.45) is -5.63. The van der Waals surface area contributed by atoms with Gasteiger partial charge in [-0.05, 0) is 18.2 Å². The van der Waals surface area contributed by atoms with E-state index in [2.05, 4.69) is 10.1 Å². The maximum atomic E-state index is 12.1. The smallest absolute Gasteiger partial charge is 0.396 e. The maximum Gasteiger partial charge on any atom is 0.396 e. The first-order valence-corrected chi connectivity index (χ1v) is 5.18. The molecule has 0 radical (unpaired) electrons. The minimum absolute atomic E-state index is 0.0701. The van der Waals surface area contributed by atoms with Crippen LogP contribution in [0.5, 0.6) is 0 Å². The van der Waals surface area contributed by atoms with Crippen molar-refractivity contribution in [1.29, 1.82) is 0 Å². The molecule has 0 spiro atoms. The molecule has 0 aliphatic rings. The summed E-state index contributed by atoms with van der Waals surface area (Å²) in [6, 6.07) is 4.49. The summed E-state index contributed by atoms with van der Waals surface area (Å²) in [4.78, 5) is 3.63. The molecule has 8 heteroatoms. The lowest BCUT2D eigenvalue weighted by molar-refractivity contribution is -0.128. The van der Waals surface area contributed by atoms with E-state index < -0.39 is 18.4 Å². The zero-order valence-corrected chi connectivity index (χ0v) is 9.59. The molecule has 0 saturated heterocycles. The standard InChI is InChI=1S/C10H7ClF3N3O/c11-7-3-5(15)1-2-6(7)9-16-8(17-18-9)4-10(12,13)14/h1-3H,4,15H2. The Morgan fingerprint density at radius 3 is 2.67 bits per heavy atom. The van der Waals surface area contributed by atoms with Crippen molar-refractivity contribution < 1.29 is 17.7 Å². The van der Waals surface area contributed by atoms with Crippen molar-refractivity contribution in [1.82, 2.24) is 10.1 Å². The van der Waals surface area contributed by atoms with E-state index >= 15 is 0 Å². The average Bonchev–Trinajstić information content (AvgIpc) is 2.63. The summed E-state index contributed by atoms with van der Waals surface area (Å²) in [5.74, 6) is -0.510. The topological polar surface area (TPSA) is 64.9 Å². The van der Waals surface area contributed by atoms with Crippen LogP contribution in [0.1, 0.15) is 5.82 Å². The first kappa shape index (κ1) is 12.7. The number of nitrogen functional groups attached to an aromatic ring is 1. The first-order valence-electron chi connectivity index (χ1n) is 4.80. The zero-order chi connectivity index (χ0) is 13.3. The second kappa shape index (κ2) is 4.49. The number of nitrogens with zero attached hydrogens (tertiary/aromatic N) is 2. The van der Waals surface area contributed by atoms with Crippen molar-refractivity contribution in [3.63, 3.8) is 0 Å². The Bertz CT molecular complexity index is 568. The fourth-order valence-corrected chi connectivity index (χ4v) is 1.59. The van der Waals surface area contributed by atoms with Gasteiger partial charge in [0.15, 0.2) is 5.82 Å². The average molecular weight is 278 g/mol. The van der Waals surface area contributed by atoms with Gasteiger partial charge in [-0.3, -0.25) is 0 Å². The van der Waals surface area contributed by atoms with Gasteiger partial charge in [-0.15, -0.1) is 0 Å². The Morgan fingerprint density at radius 1 is 1.33 bits per heavy atom. The third kappa shape index (κ3) is 2.92. The van der Waals surface area contributed by atoms with Crippen LogP contribution in [0.25, 0.3) is 11.5 Å². The van der Waals surface area contributed by atoms with E-state index in [1.54, 1.807) is 0 Å². The lowest BCUT2D eigenvalue weighted by atomic mass is 10.2. The van der Waals surface area contributed by atoms with Crippen LogP contribution in [0.4, 0.5) is 18.9 Å². The summed E-state index contributed by atoms with van der Waals surface area (Å²) >= 11 is 5.88. The molecule has 0 atom stereocenters. The summed E-state index contributed by atoms with van der Waals surface area (Å²) < 4.78 is 41.1. The number of nitrogens with two attached hydrogens (primary N) is 1. The second-order valence-electron chi connectivity index (χ2n) is 3.55. The predicted octanol–water partition coefficient (Wildman–Crippen LogP) is 3.08. The fourth-order valence-electron chi connectivity index (χ4n) is 1.32. The van der Waals surface area contributed by atoms with Gasteiger partial charge in [0.25, 0.3) is 5.89 Å². The summed E-state index contributed by atoms with van der Waals surface area (Å²) in [5, 5.41) is 3.48. The predicted molar refractivity (Wildman–Crippen MR) is 58.9 cm³/mol. The van der Waals surface area contributed by atoms with E-state index in [9.17, 15) is 13.2 Å². The van der Waals surface area contributed by atoms with Crippen LogP contribution in [-0.4, -0.2) is 16.3 Å². The molecule has 2 N–H and O–H groups in total. The van der Waals surface area contributed by atoms with Crippen LogP contribution in [0.3, 0.4) is 0 Å². The maximum absolute atomic E-state index is 12.1.